The lowest BCUT2D eigenvalue weighted by Gasteiger charge is -2.21. The first kappa shape index (κ1) is 16.1. The van der Waals surface area contributed by atoms with Crippen LogP contribution < -0.4 is 10.2 Å². The third-order valence-electron chi connectivity index (χ3n) is 3.71. The Hall–Kier alpha value is -1.32. The third-order valence-corrected chi connectivity index (χ3v) is 4.45. The van der Waals surface area contributed by atoms with Gasteiger partial charge in [0.15, 0.2) is 0 Å². The number of hydrogen-bond donors (Lipinski definition) is 1. The molecular weight excluding hydrogens is 324 g/mol. The third kappa shape index (κ3) is 4.32. The van der Waals surface area contributed by atoms with Crippen molar-refractivity contribution in [1.29, 1.82) is 0 Å². The summed E-state index contributed by atoms with van der Waals surface area (Å²) in [6.07, 6.45) is 0. The molecule has 0 amide bonds. The number of anilines is 1. The Labute approximate surface area is 136 Å². The molecule has 0 bridgehead atoms. The standard InChI is InChI=1S/C18H23BrN2/c1-4-20-12-15-9-10-17(11-18(15)19)21(3)13-16-8-6-5-7-14(16)2/h5-11,20H,4,12-13H2,1-3H3. The van der Waals surface area contributed by atoms with E-state index in [1.54, 1.807) is 0 Å². The lowest BCUT2D eigenvalue weighted by Crippen LogP contribution is -2.17. The van der Waals surface area contributed by atoms with Gasteiger partial charge in [-0.15, -0.1) is 0 Å². The molecule has 0 heterocycles. The minimum absolute atomic E-state index is 0.902. The fraction of sp³-hybridized carbons (Fsp3) is 0.333. The van der Waals surface area contributed by atoms with Gasteiger partial charge in [0.05, 0.1) is 0 Å². The summed E-state index contributed by atoms with van der Waals surface area (Å²) >= 11 is 3.68. The Morgan fingerprint density at radius 2 is 1.86 bits per heavy atom. The summed E-state index contributed by atoms with van der Waals surface area (Å²) in [5.74, 6) is 0. The fourth-order valence-electron chi connectivity index (χ4n) is 2.31. The molecule has 0 radical (unpaired) electrons. The van der Waals surface area contributed by atoms with Gasteiger partial charge in [-0.1, -0.05) is 53.2 Å². The maximum absolute atomic E-state index is 3.68. The van der Waals surface area contributed by atoms with Crippen molar-refractivity contribution in [2.75, 3.05) is 18.5 Å². The Kier molecular flexibility index (Phi) is 5.83. The van der Waals surface area contributed by atoms with Crippen molar-refractivity contribution < 1.29 is 0 Å². The number of benzene rings is 2. The number of rotatable bonds is 6. The molecule has 112 valence electrons. The van der Waals surface area contributed by atoms with Crippen molar-refractivity contribution in [2.45, 2.75) is 26.9 Å². The molecule has 0 spiro atoms. The number of nitrogens with one attached hydrogen (secondary N) is 1. The van der Waals surface area contributed by atoms with E-state index in [9.17, 15) is 0 Å². The molecular formula is C18H23BrN2. The van der Waals surface area contributed by atoms with Crippen LogP contribution in [-0.4, -0.2) is 13.6 Å². The first-order valence-electron chi connectivity index (χ1n) is 7.36. The zero-order valence-corrected chi connectivity index (χ0v) is 14.6. The number of aryl methyl sites for hydroxylation is 1. The smallest absolute Gasteiger partial charge is 0.0428 e. The lowest BCUT2D eigenvalue weighted by molar-refractivity contribution is 0.724. The maximum Gasteiger partial charge on any atom is 0.0428 e. The normalized spacial score (nSPS) is 10.7. The molecule has 0 aliphatic heterocycles. The molecule has 0 atom stereocenters. The Bertz CT molecular complexity index is 596. The van der Waals surface area contributed by atoms with Gasteiger partial charge in [-0.25, -0.2) is 0 Å². The fourth-order valence-corrected chi connectivity index (χ4v) is 2.82. The SMILES string of the molecule is CCNCc1ccc(N(C)Cc2ccccc2C)cc1Br. The van der Waals surface area contributed by atoms with E-state index in [0.717, 1.165) is 24.1 Å². The van der Waals surface area contributed by atoms with Gasteiger partial charge in [0, 0.05) is 30.3 Å². The second-order valence-corrected chi connectivity index (χ2v) is 6.19. The highest BCUT2D eigenvalue weighted by Crippen LogP contribution is 2.25. The Balaban J connectivity index is 2.11. The molecule has 0 aliphatic carbocycles. The summed E-state index contributed by atoms with van der Waals surface area (Å²) in [6, 6.07) is 15.1. The van der Waals surface area contributed by atoms with E-state index in [1.807, 2.05) is 0 Å². The molecule has 2 rings (SSSR count). The van der Waals surface area contributed by atoms with Crippen LogP contribution in [0.25, 0.3) is 0 Å². The van der Waals surface area contributed by atoms with Gasteiger partial charge in [0.2, 0.25) is 0 Å². The Morgan fingerprint density at radius 1 is 1.10 bits per heavy atom. The van der Waals surface area contributed by atoms with Gasteiger partial charge in [-0.3, -0.25) is 0 Å². The molecule has 3 heteroatoms. The monoisotopic (exact) mass is 346 g/mol. The van der Waals surface area contributed by atoms with E-state index in [4.69, 9.17) is 0 Å². The number of halogens is 1. The summed E-state index contributed by atoms with van der Waals surface area (Å²) in [7, 11) is 2.14. The first-order chi connectivity index (χ1) is 10.1. The number of hydrogen-bond acceptors (Lipinski definition) is 2. The van der Waals surface area contributed by atoms with Crippen molar-refractivity contribution in [3.63, 3.8) is 0 Å². The van der Waals surface area contributed by atoms with Crippen molar-refractivity contribution in [2.24, 2.45) is 0 Å². The zero-order valence-electron chi connectivity index (χ0n) is 13.0. The van der Waals surface area contributed by atoms with Crippen LogP contribution in [-0.2, 0) is 13.1 Å². The largest absolute Gasteiger partial charge is 0.370 e. The van der Waals surface area contributed by atoms with Crippen molar-refractivity contribution >= 4 is 21.6 Å². The predicted molar refractivity (Wildman–Crippen MR) is 94.8 cm³/mol. The average Bonchev–Trinajstić information content (AvgIpc) is 2.48. The highest BCUT2D eigenvalue weighted by Gasteiger charge is 2.07. The predicted octanol–water partition coefficient (Wildman–Crippen LogP) is 4.50. The molecule has 21 heavy (non-hydrogen) atoms. The van der Waals surface area contributed by atoms with Gasteiger partial charge >= 0.3 is 0 Å². The van der Waals surface area contributed by atoms with Gasteiger partial charge in [0.1, 0.15) is 0 Å². The lowest BCUT2D eigenvalue weighted by atomic mass is 10.1. The second-order valence-electron chi connectivity index (χ2n) is 5.34. The summed E-state index contributed by atoms with van der Waals surface area (Å²) in [6.45, 7) is 7.10. The first-order valence-corrected chi connectivity index (χ1v) is 8.16. The Morgan fingerprint density at radius 3 is 2.52 bits per heavy atom. The summed E-state index contributed by atoms with van der Waals surface area (Å²) in [4.78, 5) is 2.28. The molecule has 2 nitrogen and oxygen atoms in total. The van der Waals surface area contributed by atoms with Crippen molar-refractivity contribution in [1.82, 2.24) is 5.32 Å². The van der Waals surface area contributed by atoms with Crippen LogP contribution in [0, 0.1) is 6.92 Å². The molecule has 2 aromatic carbocycles. The average molecular weight is 347 g/mol. The molecule has 0 aliphatic rings. The highest BCUT2D eigenvalue weighted by atomic mass is 79.9. The van der Waals surface area contributed by atoms with E-state index in [2.05, 4.69) is 89.5 Å². The highest BCUT2D eigenvalue weighted by molar-refractivity contribution is 9.10. The van der Waals surface area contributed by atoms with Crippen LogP contribution >= 0.6 is 15.9 Å². The molecule has 2 aromatic rings. The van der Waals surface area contributed by atoms with Crippen molar-refractivity contribution in [3.8, 4) is 0 Å². The van der Waals surface area contributed by atoms with Gasteiger partial charge in [-0.2, -0.15) is 0 Å². The minimum atomic E-state index is 0.902. The van der Waals surface area contributed by atoms with Crippen LogP contribution in [0.5, 0.6) is 0 Å². The van der Waals surface area contributed by atoms with Gasteiger partial charge in [0.25, 0.3) is 0 Å². The maximum atomic E-state index is 3.68. The van der Waals surface area contributed by atoms with E-state index in [0.29, 0.717) is 0 Å². The van der Waals surface area contributed by atoms with Gasteiger partial charge in [-0.05, 0) is 42.3 Å². The van der Waals surface area contributed by atoms with Gasteiger partial charge < -0.3 is 10.2 Å². The van der Waals surface area contributed by atoms with E-state index < -0.39 is 0 Å². The van der Waals surface area contributed by atoms with Crippen LogP contribution in [0.2, 0.25) is 0 Å². The minimum Gasteiger partial charge on any atom is -0.370 e. The van der Waals surface area contributed by atoms with Crippen molar-refractivity contribution in [3.05, 3.63) is 63.6 Å². The molecule has 0 saturated heterocycles. The summed E-state index contributed by atoms with van der Waals surface area (Å²) in [5.41, 5.74) is 5.23. The second kappa shape index (κ2) is 7.62. The van der Waals surface area contributed by atoms with E-state index in [-0.39, 0.29) is 0 Å². The summed E-state index contributed by atoms with van der Waals surface area (Å²) < 4.78 is 1.16. The molecule has 0 saturated carbocycles. The quantitative estimate of drug-likeness (QED) is 0.828. The van der Waals surface area contributed by atoms with Crippen LogP contribution in [0.3, 0.4) is 0 Å². The molecule has 0 aromatic heterocycles. The van der Waals surface area contributed by atoms with Crippen LogP contribution in [0.4, 0.5) is 5.69 Å². The van der Waals surface area contributed by atoms with E-state index in [1.165, 1.54) is 22.4 Å². The van der Waals surface area contributed by atoms with Crippen LogP contribution in [0.1, 0.15) is 23.6 Å². The van der Waals surface area contributed by atoms with Crippen LogP contribution in [0.15, 0.2) is 46.9 Å². The molecule has 1 N–H and O–H groups in total. The summed E-state index contributed by atoms with van der Waals surface area (Å²) in [5, 5.41) is 3.36. The topological polar surface area (TPSA) is 15.3 Å². The molecule has 0 fully saturated rings. The molecule has 0 unspecified atom stereocenters. The zero-order chi connectivity index (χ0) is 15.2. The number of nitrogens with zero attached hydrogens (tertiary/aromatic N) is 1. The van der Waals surface area contributed by atoms with E-state index >= 15 is 0 Å².